The first-order valence-electron chi connectivity index (χ1n) is 8.81. The summed E-state index contributed by atoms with van der Waals surface area (Å²) in [4.78, 5) is -0.0472. The van der Waals surface area contributed by atoms with E-state index in [9.17, 15) is 22.8 Å². The van der Waals surface area contributed by atoms with Crippen LogP contribution in [0.15, 0.2) is 23.1 Å². The van der Waals surface area contributed by atoms with Crippen LogP contribution in [0.2, 0.25) is 0 Å². The number of thioether (sulfide) groups is 1. The third-order valence-electron chi connectivity index (χ3n) is 5.03. The zero-order valence-corrected chi connectivity index (χ0v) is 16.6. The lowest BCUT2D eigenvalue weighted by atomic mass is 9.97. The first-order valence-corrected chi connectivity index (χ1v) is 10.4. The molecule has 0 saturated heterocycles. The fourth-order valence-corrected chi connectivity index (χ4v) is 5.56. The molecule has 1 aromatic heterocycles. The maximum atomic E-state index is 14.9. The summed E-state index contributed by atoms with van der Waals surface area (Å²) < 4.78 is 54.2. The molecule has 1 aromatic carbocycles. The van der Waals surface area contributed by atoms with Crippen molar-refractivity contribution in [2.45, 2.75) is 55.7 Å². The average molecular weight is 417 g/mol. The zero-order valence-electron chi connectivity index (χ0n) is 14.9. The number of nitrogens with one attached hydrogen (secondary N) is 1. The summed E-state index contributed by atoms with van der Waals surface area (Å²) >= 11 is 0.755. The number of nitriles is 1. The van der Waals surface area contributed by atoms with Crippen LogP contribution in [0.4, 0.5) is 23.2 Å². The Labute approximate surface area is 163 Å². The summed E-state index contributed by atoms with van der Waals surface area (Å²) in [5.41, 5.74) is -3.88. The molecule has 1 N–H and O–H groups in total. The molecule has 0 aliphatic heterocycles. The van der Waals surface area contributed by atoms with Crippen molar-refractivity contribution in [3.8, 4) is 6.07 Å². The largest absolute Gasteiger partial charge is 0.446 e. The van der Waals surface area contributed by atoms with Gasteiger partial charge in [0.25, 0.3) is 0 Å². The number of alkyl halides is 4. The number of fused-ring (bicyclic) bond motifs is 1. The highest BCUT2D eigenvalue weighted by atomic mass is 32.2. The Hall–Kier alpha value is -1.46. The van der Waals surface area contributed by atoms with Gasteiger partial charge in [0.15, 0.2) is 0 Å². The molecule has 0 spiro atoms. The number of hydrogen-bond acceptors (Lipinski definition) is 4. The first-order chi connectivity index (χ1) is 12.7. The number of nitrogens with zero attached hydrogens (tertiary/aromatic N) is 1. The molecule has 8 heteroatoms. The standard InChI is InChI=1S/C19H20F4N2S2/c1-10-6-7-11(2)16(20)14(8-10)25-13-5-3-4-12-17(13)26-15(9-24)18(12)27-19(21,22)23/h3-5,10-11,14,16,25H,6-8H2,1-2H3/t10-,11+,14-,16+/m1/s1. The van der Waals surface area contributed by atoms with E-state index in [0.717, 1.165) is 24.2 Å². The molecular formula is C19H20F4N2S2. The fourth-order valence-electron chi connectivity index (χ4n) is 3.62. The Bertz CT molecular complexity index is 856. The van der Waals surface area contributed by atoms with Crippen molar-refractivity contribution in [1.29, 1.82) is 5.26 Å². The van der Waals surface area contributed by atoms with Gasteiger partial charge in [-0.15, -0.1) is 11.3 Å². The van der Waals surface area contributed by atoms with E-state index >= 15 is 0 Å². The van der Waals surface area contributed by atoms with Gasteiger partial charge < -0.3 is 5.32 Å². The lowest BCUT2D eigenvalue weighted by Crippen LogP contribution is -2.34. The van der Waals surface area contributed by atoms with Gasteiger partial charge in [-0.05, 0) is 42.5 Å². The van der Waals surface area contributed by atoms with E-state index in [1.54, 1.807) is 18.2 Å². The Morgan fingerprint density at radius 3 is 2.67 bits per heavy atom. The van der Waals surface area contributed by atoms with E-state index in [2.05, 4.69) is 12.2 Å². The summed E-state index contributed by atoms with van der Waals surface area (Å²) in [6.45, 7) is 3.99. The van der Waals surface area contributed by atoms with Crippen molar-refractivity contribution < 1.29 is 17.6 Å². The summed E-state index contributed by atoms with van der Waals surface area (Å²) in [5, 5.41) is 12.9. The third-order valence-corrected chi connectivity index (χ3v) is 7.16. The summed E-state index contributed by atoms with van der Waals surface area (Å²) in [5.74, 6) is 0.306. The van der Waals surface area contributed by atoms with Crippen molar-refractivity contribution in [2.75, 3.05) is 5.32 Å². The zero-order chi connectivity index (χ0) is 19.8. The van der Waals surface area contributed by atoms with Gasteiger partial charge in [-0.2, -0.15) is 18.4 Å². The molecule has 1 heterocycles. The van der Waals surface area contributed by atoms with Crippen molar-refractivity contribution in [3.05, 3.63) is 23.1 Å². The highest BCUT2D eigenvalue weighted by Gasteiger charge is 2.34. The predicted molar refractivity (Wildman–Crippen MR) is 103 cm³/mol. The molecule has 27 heavy (non-hydrogen) atoms. The highest BCUT2D eigenvalue weighted by Crippen LogP contribution is 2.47. The Morgan fingerprint density at radius 2 is 2.00 bits per heavy atom. The van der Waals surface area contributed by atoms with Crippen LogP contribution in [0, 0.1) is 23.2 Å². The summed E-state index contributed by atoms with van der Waals surface area (Å²) in [7, 11) is 0. The second-order valence-electron chi connectivity index (χ2n) is 7.19. The quantitative estimate of drug-likeness (QED) is 0.334. The van der Waals surface area contributed by atoms with Crippen molar-refractivity contribution >= 4 is 38.9 Å². The van der Waals surface area contributed by atoms with E-state index in [4.69, 9.17) is 0 Å². The van der Waals surface area contributed by atoms with Crippen LogP contribution in [-0.4, -0.2) is 17.7 Å². The van der Waals surface area contributed by atoms with Crippen LogP contribution in [-0.2, 0) is 0 Å². The van der Waals surface area contributed by atoms with Crippen molar-refractivity contribution in [2.24, 2.45) is 11.8 Å². The molecule has 0 bridgehead atoms. The first kappa shape index (κ1) is 20.3. The highest BCUT2D eigenvalue weighted by molar-refractivity contribution is 8.00. The maximum absolute atomic E-state index is 14.9. The van der Waals surface area contributed by atoms with Crippen LogP contribution >= 0.6 is 23.1 Å². The summed E-state index contributed by atoms with van der Waals surface area (Å²) in [6, 6.07) is 6.45. The van der Waals surface area contributed by atoms with Gasteiger partial charge in [-0.1, -0.05) is 32.4 Å². The number of rotatable bonds is 3. The van der Waals surface area contributed by atoms with Crippen molar-refractivity contribution in [1.82, 2.24) is 0 Å². The minimum absolute atomic E-state index is 0.0287. The van der Waals surface area contributed by atoms with Crippen LogP contribution in [0.1, 0.15) is 38.0 Å². The number of thiophene rings is 1. The molecule has 0 unspecified atom stereocenters. The van der Waals surface area contributed by atoms with Gasteiger partial charge in [0, 0.05) is 5.39 Å². The van der Waals surface area contributed by atoms with E-state index < -0.39 is 17.7 Å². The number of halogens is 4. The normalized spacial score (nSPS) is 26.6. The van der Waals surface area contributed by atoms with Crippen LogP contribution in [0.25, 0.3) is 10.1 Å². The second-order valence-corrected chi connectivity index (χ2v) is 9.29. The topological polar surface area (TPSA) is 35.8 Å². The van der Waals surface area contributed by atoms with Crippen LogP contribution in [0.3, 0.4) is 0 Å². The molecule has 2 nitrogen and oxygen atoms in total. The molecule has 146 valence electrons. The lowest BCUT2D eigenvalue weighted by Gasteiger charge is -2.26. The van der Waals surface area contributed by atoms with E-state index in [1.807, 2.05) is 13.0 Å². The van der Waals surface area contributed by atoms with Crippen LogP contribution in [0.5, 0.6) is 0 Å². The summed E-state index contributed by atoms with van der Waals surface area (Å²) in [6.07, 6.45) is 1.44. The molecule has 1 fully saturated rings. The van der Waals surface area contributed by atoms with Crippen molar-refractivity contribution in [3.63, 3.8) is 0 Å². The molecular weight excluding hydrogens is 396 g/mol. The molecule has 2 aromatic rings. The lowest BCUT2D eigenvalue weighted by molar-refractivity contribution is -0.0327. The van der Waals surface area contributed by atoms with Crippen LogP contribution < -0.4 is 5.32 Å². The van der Waals surface area contributed by atoms with E-state index in [0.29, 0.717) is 28.1 Å². The van der Waals surface area contributed by atoms with E-state index in [1.165, 1.54) is 0 Å². The predicted octanol–water partition coefficient (Wildman–Crippen LogP) is 6.96. The Morgan fingerprint density at radius 1 is 1.26 bits per heavy atom. The third kappa shape index (κ3) is 4.52. The SMILES string of the molecule is C[C@@H]1CC[C@H](C)[C@H](F)[C@H](Nc2cccc3c(SC(F)(F)F)c(C#N)sc23)C1. The Kier molecular flexibility index (Phi) is 5.92. The molecule has 3 rings (SSSR count). The smallest absolute Gasteiger partial charge is 0.378 e. The minimum Gasteiger partial charge on any atom is -0.378 e. The number of anilines is 1. The Balaban J connectivity index is 1.99. The van der Waals surface area contributed by atoms with Gasteiger partial charge >= 0.3 is 5.51 Å². The molecule has 4 atom stereocenters. The second kappa shape index (κ2) is 7.88. The minimum atomic E-state index is -4.47. The molecule has 0 radical (unpaired) electrons. The van der Waals surface area contributed by atoms with Gasteiger partial charge in [-0.3, -0.25) is 0 Å². The number of hydrogen-bond donors (Lipinski definition) is 1. The molecule has 0 amide bonds. The van der Waals surface area contributed by atoms with Gasteiger partial charge in [0.2, 0.25) is 0 Å². The average Bonchev–Trinajstić information content (AvgIpc) is 2.89. The molecule has 1 aliphatic carbocycles. The van der Waals surface area contributed by atoms with E-state index in [-0.39, 0.29) is 27.5 Å². The van der Waals surface area contributed by atoms with Gasteiger partial charge in [0.05, 0.1) is 21.3 Å². The number of benzene rings is 1. The van der Waals surface area contributed by atoms with Gasteiger partial charge in [0.1, 0.15) is 17.1 Å². The fraction of sp³-hybridized carbons (Fsp3) is 0.526. The maximum Gasteiger partial charge on any atom is 0.446 e. The molecule has 1 saturated carbocycles. The molecule has 1 aliphatic rings. The van der Waals surface area contributed by atoms with Gasteiger partial charge in [-0.25, -0.2) is 4.39 Å². The monoisotopic (exact) mass is 416 g/mol.